The maximum Gasteiger partial charge on any atom is 0.0605 e. The molecule has 1 rings (SSSR count). The molecule has 1 fully saturated rings. The maximum atomic E-state index is 5.73. The van der Waals surface area contributed by atoms with E-state index in [1.807, 2.05) is 0 Å². The van der Waals surface area contributed by atoms with Crippen molar-refractivity contribution in [2.24, 2.45) is 11.8 Å². The van der Waals surface area contributed by atoms with Gasteiger partial charge in [-0.05, 0) is 25.2 Å². The highest BCUT2D eigenvalue weighted by molar-refractivity contribution is 4.82. The van der Waals surface area contributed by atoms with Crippen molar-refractivity contribution in [1.82, 2.24) is 0 Å². The predicted octanol–water partition coefficient (Wildman–Crippen LogP) is 2.46. The van der Waals surface area contributed by atoms with E-state index in [-0.39, 0.29) is 0 Å². The van der Waals surface area contributed by atoms with Crippen molar-refractivity contribution < 1.29 is 4.74 Å². The first kappa shape index (κ1) is 8.06. The summed E-state index contributed by atoms with van der Waals surface area (Å²) in [5.41, 5.74) is 0. The van der Waals surface area contributed by atoms with E-state index in [1.54, 1.807) is 0 Å². The largest absolute Gasteiger partial charge is 0.375 e. The van der Waals surface area contributed by atoms with E-state index < -0.39 is 0 Å². The van der Waals surface area contributed by atoms with Gasteiger partial charge in [-0.1, -0.05) is 20.8 Å². The number of hydrogen-bond donors (Lipinski definition) is 0. The Balaban J connectivity index is 2.53. The zero-order valence-electron chi connectivity index (χ0n) is 7.42. The number of hydrogen-bond acceptors (Lipinski definition) is 1. The minimum Gasteiger partial charge on any atom is -0.375 e. The Hall–Kier alpha value is -0.0400. The summed E-state index contributed by atoms with van der Waals surface area (Å²) in [6, 6.07) is 0. The first-order valence-corrected chi connectivity index (χ1v) is 4.32. The maximum absolute atomic E-state index is 5.73. The molecule has 4 atom stereocenters. The van der Waals surface area contributed by atoms with Crippen LogP contribution in [0.3, 0.4) is 0 Å². The van der Waals surface area contributed by atoms with Crippen molar-refractivity contribution in [2.75, 3.05) is 0 Å². The first-order valence-electron chi connectivity index (χ1n) is 4.32. The van der Waals surface area contributed by atoms with Crippen LogP contribution in [0.25, 0.3) is 0 Å². The van der Waals surface area contributed by atoms with Gasteiger partial charge >= 0.3 is 0 Å². The Labute approximate surface area is 63.8 Å². The smallest absolute Gasteiger partial charge is 0.0605 e. The Bertz CT molecular complexity index is 111. The minimum atomic E-state index is 0.472. The lowest BCUT2D eigenvalue weighted by molar-refractivity contribution is 0.0393. The van der Waals surface area contributed by atoms with Crippen LogP contribution in [0.5, 0.6) is 0 Å². The lowest BCUT2D eigenvalue weighted by atomic mass is 9.90. The van der Waals surface area contributed by atoms with Gasteiger partial charge in [0.25, 0.3) is 0 Å². The summed E-state index contributed by atoms with van der Waals surface area (Å²) in [5, 5.41) is 0. The molecule has 0 aromatic carbocycles. The van der Waals surface area contributed by atoms with Gasteiger partial charge in [0.2, 0.25) is 0 Å². The predicted molar refractivity (Wildman–Crippen MR) is 43.0 cm³/mol. The molecule has 0 amide bonds. The van der Waals surface area contributed by atoms with Gasteiger partial charge < -0.3 is 4.74 Å². The third-order valence-electron chi connectivity index (χ3n) is 2.95. The zero-order chi connectivity index (χ0) is 7.72. The van der Waals surface area contributed by atoms with Crippen LogP contribution in [0.1, 0.15) is 34.1 Å². The molecular formula is C9H18O. The summed E-state index contributed by atoms with van der Waals surface area (Å²) >= 11 is 0. The van der Waals surface area contributed by atoms with Crippen LogP contribution in [0.2, 0.25) is 0 Å². The molecular weight excluding hydrogens is 124 g/mol. The molecule has 0 aromatic rings. The normalized spacial score (nSPS) is 48.0. The van der Waals surface area contributed by atoms with Crippen LogP contribution in [-0.2, 0) is 4.74 Å². The molecule has 1 aliphatic rings. The van der Waals surface area contributed by atoms with E-state index in [0.29, 0.717) is 12.2 Å². The quantitative estimate of drug-likeness (QED) is 0.546. The molecule has 1 saturated heterocycles. The van der Waals surface area contributed by atoms with Gasteiger partial charge in [-0.2, -0.15) is 0 Å². The highest BCUT2D eigenvalue weighted by Gasteiger charge is 2.34. The molecule has 0 spiro atoms. The molecule has 0 N–H and O–H groups in total. The zero-order valence-corrected chi connectivity index (χ0v) is 7.42. The summed E-state index contributed by atoms with van der Waals surface area (Å²) in [7, 11) is 0. The fourth-order valence-corrected chi connectivity index (χ4v) is 1.76. The van der Waals surface area contributed by atoms with Crippen molar-refractivity contribution in [1.29, 1.82) is 0 Å². The van der Waals surface area contributed by atoms with Crippen LogP contribution in [-0.4, -0.2) is 12.2 Å². The van der Waals surface area contributed by atoms with Crippen molar-refractivity contribution in [3.8, 4) is 0 Å². The van der Waals surface area contributed by atoms with Gasteiger partial charge in [0, 0.05) is 0 Å². The fraction of sp³-hybridized carbons (Fsp3) is 1.00. The van der Waals surface area contributed by atoms with Crippen molar-refractivity contribution >= 4 is 0 Å². The molecule has 1 aliphatic heterocycles. The lowest BCUT2D eigenvalue weighted by Gasteiger charge is -2.12. The summed E-state index contributed by atoms with van der Waals surface area (Å²) < 4.78 is 5.73. The Morgan fingerprint density at radius 2 is 1.70 bits per heavy atom. The van der Waals surface area contributed by atoms with Crippen molar-refractivity contribution in [3.63, 3.8) is 0 Å². The molecule has 1 nitrogen and oxygen atoms in total. The summed E-state index contributed by atoms with van der Waals surface area (Å²) in [6.45, 7) is 8.95. The second-order valence-electron chi connectivity index (χ2n) is 3.51. The van der Waals surface area contributed by atoms with Crippen LogP contribution < -0.4 is 0 Å². The summed E-state index contributed by atoms with van der Waals surface area (Å²) in [5.74, 6) is 1.49. The second kappa shape index (κ2) is 2.91. The SMILES string of the molecule is CC[C@H]1O[C@@H](C)[C@@H](C)C1C. The fourth-order valence-electron chi connectivity index (χ4n) is 1.76. The van der Waals surface area contributed by atoms with E-state index in [1.165, 1.54) is 0 Å². The molecule has 10 heavy (non-hydrogen) atoms. The van der Waals surface area contributed by atoms with Crippen LogP contribution in [0.15, 0.2) is 0 Å². The standard InChI is InChI=1S/C9H18O/c1-5-9-7(3)6(2)8(4)10-9/h6-9H,5H2,1-4H3/t6-,7?,8-,9+/m0/s1. The van der Waals surface area contributed by atoms with Crippen LogP contribution >= 0.6 is 0 Å². The third-order valence-corrected chi connectivity index (χ3v) is 2.95. The molecule has 0 aliphatic carbocycles. The van der Waals surface area contributed by atoms with Crippen molar-refractivity contribution in [3.05, 3.63) is 0 Å². The molecule has 0 radical (unpaired) electrons. The highest BCUT2D eigenvalue weighted by atomic mass is 16.5. The highest BCUT2D eigenvalue weighted by Crippen LogP contribution is 2.32. The first-order chi connectivity index (χ1) is 4.66. The summed E-state index contributed by atoms with van der Waals surface area (Å²) in [4.78, 5) is 0. The minimum absolute atomic E-state index is 0.472. The summed E-state index contributed by atoms with van der Waals surface area (Å²) in [6.07, 6.45) is 2.15. The van der Waals surface area contributed by atoms with Gasteiger partial charge in [-0.3, -0.25) is 0 Å². The van der Waals surface area contributed by atoms with Gasteiger partial charge in [0.05, 0.1) is 12.2 Å². The van der Waals surface area contributed by atoms with E-state index in [2.05, 4.69) is 27.7 Å². The van der Waals surface area contributed by atoms with E-state index in [9.17, 15) is 0 Å². The van der Waals surface area contributed by atoms with Gasteiger partial charge in [0.15, 0.2) is 0 Å². The average Bonchev–Trinajstić information content (AvgIpc) is 2.17. The monoisotopic (exact) mass is 142 g/mol. The van der Waals surface area contributed by atoms with Gasteiger partial charge in [-0.15, -0.1) is 0 Å². The van der Waals surface area contributed by atoms with E-state index in [4.69, 9.17) is 4.74 Å². The molecule has 1 heterocycles. The average molecular weight is 142 g/mol. The van der Waals surface area contributed by atoms with Gasteiger partial charge in [-0.25, -0.2) is 0 Å². The second-order valence-corrected chi connectivity index (χ2v) is 3.51. The van der Waals surface area contributed by atoms with Crippen LogP contribution in [0.4, 0.5) is 0 Å². The third kappa shape index (κ3) is 1.20. The van der Waals surface area contributed by atoms with E-state index in [0.717, 1.165) is 18.3 Å². The van der Waals surface area contributed by atoms with Crippen molar-refractivity contribution in [2.45, 2.75) is 46.3 Å². The molecule has 0 aromatic heterocycles. The van der Waals surface area contributed by atoms with Crippen LogP contribution in [0, 0.1) is 11.8 Å². The molecule has 60 valence electrons. The number of ether oxygens (including phenoxy) is 1. The molecule has 0 saturated carbocycles. The molecule has 1 heteroatoms. The molecule has 1 unspecified atom stereocenters. The Morgan fingerprint density at radius 3 is 1.90 bits per heavy atom. The molecule has 0 bridgehead atoms. The van der Waals surface area contributed by atoms with Gasteiger partial charge in [0.1, 0.15) is 0 Å². The lowest BCUT2D eigenvalue weighted by Crippen LogP contribution is -2.14. The van der Waals surface area contributed by atoms with E-state index >= 15 is 0 Å². The Kier molecular flexibility index (Phi) is 2.35. The number of rotatable bonds is 1. The topological polar surface area (TPSA) is 9.23 Å². The Morgan fingerprint density at radius 1 is 1.10 bits per heavy atom.